The van der Waals surface area contributed by atoms with Gasteiger partial charge in [0, 0.05) is 12.8 Å². The lowest BCUT2D eigenvalue weighted by molar-refractivity contribution is -0.153. The van der Waals surface area contributed by atoms with Crippen molar-refractivity contribution in [3.05, 3.63) is 23.8 Å². The number of rotatable bonds is 14. The average molecular weight is 550 g/mol. The Morgan fingerprint density at radius 2 is 1.21 bits per heavy atom. The van der Waals surface area contributed by atoms with Crippen molar-refractivity contribution < 1.29 is 38.1 Å². The highest BCUT2D eigenvalue weighted by atomic mass is 16.6. The number of hydrogen-bond acceptors (Lipinski definition) is 9. The number of methoxy groups -OCH3 is 1. The number of hydrogen-bond donors (Lipinski definition) is 1. The molecule has 0 fully saturated rings. The van der Waals surface area contributed by atoms with E-state index in [0.29, 0.717) is 5.56 Å². The molecule has 0 saturated carbocycles. The van der Waals surface area contributed by atoms with Gasteiger partial charge in [-0.15, -0.1) is 0 Å². The maximum Gasteiger partial charge on any atom is 0.326 e. The summed E-state index contributed by atoms with van der Waals surface area (Å²) in [6.07, 6.45) is 0.0102. The van der Waals surface area contributed by atoms with Crippen molar-refractivity contribution in [1.82, 2.24) is 0 Å². The van der Waals surface area contributed by atoms with Gasteiger partial charge in [0.1, 0.15) is 5.54 Å². The molecule has 39 heavy (non-hydrogen) atoms. The molecule has 0 radical (unpaired) electrons. The summed E-state index contributed by atoms with van der Waals surface area (Å²) in [5, 5.41) is 0. The molecule has 0 saturated heterocycles. The third-order valence-electron chi connectivity index (χ3n) is 7.45. The first-order valence-electron chi connectivity index (χ1n) is 13.6. The topological polar surface area (TPSA) is 131 Å². The Labute approximate surface area is 233 Å². The standard InChI is InChI=1S/C30H47NO8/c1-17(2)20(7)26(32)37-14-13-30(31,29(35)36-10)16-23-11-12-24(38-27(33)21(8)18(3)4)25(15-23)39-28(34)22(9)19(5)6/h11-12,15,17-22H,13-14,16,31H2,1-10H3/t20?,21?,22?,30-/m1/s1. The predicted molar refractivity (Wildman–Crippen MR) is 148 cm³/mol. The zero-order chi connectivity index (χ0) is 30.1. The Morgan fingerprint density at radius 1 is 0.744 bits per heavy atom. The van der Waals surface area contributed by atoms with E-state index in [1.165, 1.54) is 19.2 Å². The monoisotopic (exact) mass is 549 g/mol. The second-order valence-electron chi connectivity index (χ2n) is 11.5. The zero-order valence-corrected chi connectivity index (χ0v) is 25.2. The van der Waals surface area contributed by atoms with Crippen LogP contribution >= 0.6 is 0 Å². The highest BCUT2D eigenvalue weighted by Gasteiger charge is 2.36. The van der Waals surface area contributed by atoms with Crippen LogP contribution in [0.2, 0.25) is 0 Å². The normalized spacial score (nSPS) is 15.3. The van der Waals surface area contributed by atoms with E-state index in [4.69, 9.17) is 24.7 Å². The molecular weight excluding hydrogens is 502 g/mol. The van der Waals surface area contributed by atoms with Crippen LogP contribution in [0.3, 0.4) is 0 Å². The van der Waals surface area contributed by atoms with E-state index >= 15 is 0 Å². The van der Waals surface area contributed by atoms with Gasteiger partial charge in [0.25, 0.3) is 0 Å². The van der Waals surface area contributed by atoms with Crippen LogP contribution in [0.4, 0.5) is 0 Å². The maximum absolute atomic E-state index is 12.8. The van der Waals surface area contributed by atoms with Crippen LogP contribution in [0, 0.1) is 35.5 Å². The number of esters is 4. The quantitative estimate of drug-likeness (QED) is 0.259. The Morgan fingerprint density at radius 3 is 1.67 bits per heavy atom. The van der Waals surface area contributed by atoms with Gasteiger partial charge in [-0.25, -0.2) is 0 Å². The fourth-order valence-electron chi connectivity index (χ4n) is 3.34. The van der Waals surface area contributed by atoms with Crippen molar-refractivity contribution in [3.8, 4) is 11.5 Å². The summed E-state index contributed by atoms with van der Waals surface area (Å²) in [7, 11) is 1.23. The third kappa shape index (κ3) is 9.95. The van der Waals surface area contributed by atoms with Crippen LogP contribution in [0.5, 0.6) is 11.5 Å². The lowest BCUT2D eigenvalue weighted by atomic mass is 9.88. The Balaban J connectivity index is 3.28. The van der Waals surface area contributed by atoms with Gasteiger partial charge in [0.15, 0.2) is 11.5 Å². The Bertz CT molecular complexity index is 1000. The molecule has 0 bridgehead atoms. The van der Waals surface area contributed by atoms with E-state index < -0.39 is 29.4 Å². The van der Waals surface area contributed by atoms with E-state index in [9.17, 15) is 19.2 Å². The molecule has 9 heteroatoms. The lowest BCUT2D eigenvalue weighted by Gasteiger charge is -2.27. The minimum atomic E-state index is -1.52. The van der Waals surface area contributed by atoms with Crippen LogP contribution in [-0.2, 0) is 35.1 Å². The van der Waals surface area contributed by atoms with Crippen molar-refractivity contribution in [2.75, 3.05) is 13.7 Å². The van der Waals surface area contributed by atoms with Gasteiger partial charge in [-0.3, -0.25) is 19.2 Å². The third-order valence-corrected chi connectivity index (χ3v) is 7.45. The van der Waals surface area contributed by atoms with Crippen molar-refractivity contribution in [2.45, 2.75) is 80.7 Å². The fraction of sp³-hybridized carbons (Fsp3) is 0.667. The van der Waals surface area contributed by atoms with Crippen LogP contribution in [0.25, 0.3) is 0 Å². The zero-order valence-electron chi connectivity index (χ0n) is 25.2. The first kappa shape index (κ1) is 34.1. The van der Waals surface area contributed by atoms with Crippen LogP contribution in [0.15, 0.2) is 18.2 Å². The first-order chi connectivity index (χ1) is 18.0. The van der Waals surface area contributed by atoms with E-state index in [2.05, 4.69) is 0 Å². The number of benzene rings is 1. The van der Waals surface area contributed by atoms with Gasteiger partial charge in [-0.05, 0) is 35.4 Å². The molecule has 0 aliphatic heterocycles. The van der Waals surface area contributed by atoms with Crippen molar-refractivity contribution >= 4 is 23.9 Å². The predicted octanol–water partition coefficient (Wildman–Crippen LogP) is 4.72. The number of carbonyl (C=O) groups is 4. The summed E-state index contributed by atoms with van der Waals surface area (Å²) < 4.78 is 21.6. The summed E-state index contributed by atoms with van der Waals surface area (Å²) in [5.74, 6) is -2.71. The van der Waals surface area contributed by atoms with E-state index in [1.807, 2.05) is 41.5 Å². The van der Waals surface area contributed by atoms with Gasteiger partial charge in [-0.2, -0.15) is 0 Å². The summed E-state index contributed by atoms with van der Waals surface area (Å²) in [6, 6.07) is 4.69. The van der Waals surface area contributed by atoms with Gasteiger partial charge < -0.3 is 24.7 Å². The smallest absolute Gasteiger partial charge is 0.326 e. The van der Waals surface area contributed by atoms with Gasteiger partial charge in [0.05, 0.1) is 31.5 Å². The van der Waals surface area contributed by atoms with E-state index in [-0.39, 0.29) is 66.5 Å². The van der Waals surface area contributed by atoms with Gasteiger partial charge >= 0.3 is 23.9 Å². The molecule has 0 heterocycles. The van der Waals surface area contributed by atoms with Gasteiger partial charge in [-0.1, -0.05) is 68.4 Å². The summed E-state index contributed by atoms with van der Waals surface area (Å²) in [6.45, 7) is 16.7. The molecule has 3 unspecified atom stereocenters. The van der Waals surface area contributed by atoms with Crippen molar-refractivity contribution in [3.63, 3.8) is 0 Å². The average Bonchev–Trinajstić information content (AvgIpc) is 2.87. The molecule has 220 valence electrons. The SMILES string of the molecule is COC(=O)[C@@](N)(CCOC(=O)C(C)C(C)C)Cc1ccc(OC(=O)C(C)C(C)C)c(OC(=O)C(C)C(C)C)c1. The van der Waals surface area contributed by atoms with Crippen LogP contribution in [-0.4, -0.2) is 43.1 Å². The molecule has 4 atom stereocenters. The molecule has 1 rings (SSSR count). The van der Waals surface area contributed by atoms with Crippen molar-refractivity contribution in [1.29, 1.82) is 0 Å². The Kier molecular flexibility index (Phi) is 13.1. The van der Waals surface area contributed by atoms with Crippen LogP contribution in [0.1, 0.15) is 74.3 Å². The fourth-order valence-corrected chi connectivity index (χ4v) is 3.34. The molecule has 9 nitrogen and oxygen atoms in total. The molecule has 0 amide bonds. The van der Waals surface area contributed by atoms with E-state index in [0.717, 1.165) is 0 Å². The summed E-state index contributed by atoms with van der Waals surface area (Å²) in [4.78, 5) is 50.4. The summed E-state index contributed by atoms with van der Waals surface area (Å²) >= 11 is 0. The van der Waals surface area contributed by atoms with Crippen molar-refractivity contribution in [2.24, 2.45) is 41.2 Å². The maximum atomic E-state index is 12.8. The largest absolute Gasteiger partial charge is 0.468 e. The van der Waals surface area contributed by atoms with Gasteiger partial charge in [0.2, 0.25) is 0 Å². The second-order valence-corrected chi connectivity index (χ2v) is 11.5. The number of nitrogens with two attached hydrogens (primary N) is 1. The highest BCUT2D eigenvalue weighted by molar-refractivity contribution is 5.81. The molecule has 0 aromatic heterocycles. The Hall–Kier alpha value is -2.94. The molecule has 1 aromatic rings. The minimum Gasteiger partial charge on any atom is -0.468 e. The minimum absolute atomic E-state index is 0.00212. The molecule has 0 spiro atoms. The number of ether oxygens (including phenoxy) is 4. The molecule has 0 aliphatic carbocycles. The summed E-state index contributed by atoms with van der Waals surface area (Å²) in [5.41, 5.74) is 5.50. The molecule has 0 aliphatic rings. The highest BCUT2D eigenvalue weighted by Crippen LogP contribution is 2.33. The van der Waals surface area contributed by atoms with Crippen LogP contribution < -0.4 is 15.2 Å². The molecule has 2 N–H and O–H groups in total. The second kappa shape index (κ2) is 15.0. The lowest BCUT2D eigenvalue weighted by Crippen LogP contribution is -2.51. The van der Waals surface area contributed by atoms with E-state index in [1.54, 1.807) is 26.8 Å². The number of carbonyl (C=O) groups excluding carboxylic acids is 4. The molecular formula is C30H47NO8. The molecule has 1 aromatic carbocycles. The first-order valence-corrected chi connectivity index (χ1v) is 13.6.